The molecular formula is C22H29N3O3S. The fourth-order valence-electron chi connectivity index (χ4n) is 3.54. The molecule has 0 saturated carbocycles. The van der Waals surface area contributed by atoms with Gasteiger partial charge in [-0.15, -0.1) is 11.3 Å². The predicted octanol–water partition coefficient (Wildman–Crippen LogP) is 2.65. The summed E-state index contributed by atoms with van der Waals surface area (Å²) < 4.78 is 0. The highest BCUT2D eigenvalue weighted by atomic mass is 32.1. The van der Waals surface area contributed by atoms with Crippen molar-refractivity contribution < 1.29 is 14.7 Å². The van der Waals surface area contributed by atoms with Crippen LogP contribution in [0, 0.1) is 5.41 Å². The molecule has 3 atom stereocenters. The van der Waals surface area contributed by atoms with Crippen LogP contribution < -0.4 is 5.73 Å². The number of aryl methyl sites for hydroxylation is 1. The molecule has 1 amide bonds. The molecule has 1 aliphatic heterocycles. The molecular weight excluding hydrogens is 386 g/mol. The van der Waals surface area contributed by atoms with Crippen molar-refractivity contribution in [3.05, 3.63) is 41.5 Å². The van der Waals surface area contributed by atoms with Crippen molar-refractivity contribution in [2.24, 2.45) is 11.1 Å². The number of likely N-dealkylation sites (tertiary alicyclic amines) is 1. The van der Waals surface area contributed by atoms with Crippen LogP contribution in [-0.4, -0.2) is 51.4 Å². The first-order chi connectivity index (χ1) is 13.7. The Morgan fingerprint density at radius 3 is 2.59 bits per heavy atom. The minimum absolute atomic E-state index is 0.0254. The average Bonchev–Trinajstić information content (AvgIpc) is 3.34. The molecule has 0 spiro atoms. The van der Waals surface area contributed by atoms with Crippen molar-refractivity contribution in [3.8, 4) is 10.4 Å². The van der Waals surface area contributed by atoms with Crippen molar-refractivity contribution in [1.82, 2.24) is 9.88 Å². The molecule has 3 rings (SSSR count). The van der Waals surface area contributed by atoms with Gasteiger partial charge >= 0.3 is 0 Å². The molecule has 0 aliphatic carbocycles. The Balaban J connectivity index is 1.62. The molecule has 1 aliphatic rings. The molecule has 7 heteroatoms. The summed E-state index contributed by atoms with van der Waals surface area (Å²) in [5, 5.41) is 10.1. The third kappa shape index (κ3) is 5.10. The summed E-state index contributed by atoms with van der Waals surface area (Å²) in [7, 11) is 0. The molecule has 1 aromatic heterocycles. The number of carbonyl (C=O) groups excluding carboxylic acids is 2. The third-order valence-electron chi connectivity index (χ3n) is 5.46. The number of rotatable bonds is 6. The number of hydrogen-bond donors (Lipinski definition) is 2. The second-order valence-corrected chi connectivity index (χ2v) is 9.65. The van der Waals surface area contributed by atoms with Crippen molar-refractivity contribution >= 4 is 23.0 Å². The summed E-state index contributed by atoms with van der Waals surface area (Å²) in [5.41, 5.74) is 9.68. The van der Waals surface area contributed by atoms with Crippen molar-refractivity contribution in [2.45, 2.75) is 58.2 Å². The molecule has 1 aromatic carbocycles. The van der Waals surface area contributed by atoms with Crippen LogP contribution in [0.3, 0.4) is 0 Å². The maximum atomic E-state index is 12.9. The summed E-state index contributed by atoms with van der Waals surface area (Å²) in [6.07, 6.45) is 2.36. The van der Waals surface area contributed by atoms with Gasteiger partial charge in [-0.25, -0.2) is 0 Å². The summed E-state index contributed by atoms with van der Waals surface area (Å²) in [5.74, 6) is -0.288. The van der Waals surface area contributed by atoms with Gasteiger partial charge in [-0.05, 0) is 23.0 Å². The zero-order valence-electron chi connectivity index (χ0n) is 17.2. The molecule has 2 aromatic rings. The number of aromatic nitrogens is 1. The monoisotopic (exact) mass is 415 g/mol. The quantitative estimate of drug-likeness (QED) is 0.756. The van der Waals surface area contributed by atoms with Gasteiger partial charge in [0.25, 0.3) is 0 Å². The molecule has 1 fully saturated rings. The molecule has 0 bridgehead atoms. The highest BCUT2D eigenvalue weighted by Crippen LogP contribution is 2.27. The van der Waals surface area contributed by atoms with E-state index >= 15 is 0 Å². The molecule has 3 N–H and O–H groups in total. The predicted molar refractivity (Wildman–Crippen MR) is 114 cm³/mol. The van der Waals surface area contributed by atoms with E-state index in [4.69, 9.17) is 5.73 Å². The van der Waals surface area contributed by atoms with Crippen LogP contribution in [0.5, 0.6) is 0 Å². The summed E-state index contributed by atoms with van der Waals surface area (Å²) in [6.45, 7) is 5.86. The minimum Gasteiger partial charge on any atom is -0.391 e. The average molecular weight is 416 g/mol. The maximum absolute atomic E-state index is 12.9. The number of amides is 1. The van der Waals surface area contributed by atoms with E-state index in [0.29, 0.717) is 12.8 Å². The van der Waals surface area contributed by atoms with Crippen LogP contribution in [-0.2, 0) is 16.0 Å². The van der Waals surface area contributed by atoms with E-state index in [1.807, 2.05) is 51.2 Å². The maximum Gasteiger partial charge on any atom is 0.240 e. The van der Waals surface area contributed by atoms with Crippen LogP contribution in [0.2, 0.25) is 0 Å². The van der Waals surface area contributed by atoms with E-state index in [1.165, 1.54) is 4.90 Å². The van der Waals surface area contributed by atoms with Crippen molar-refractivity contribution in [2.75, 3.05) is 6.54 Å². The smallest absolute Gasteiger partial charge is 0.240 e. The van der Waals surface area contributed by atoms with Crippen LogP contribution >= 0.6 is 11.3 Å². The Morgan fingerprint density at radius 1 is 1.31 bits per heavy atom. The van der Waals surface area contributed by atoms with Gasteiger partial charge in [0.05, 0.1) is 28.6 Å². The molecule has 6 nitrogen and oxygen atoms in total. The molecule has 29 heavy (non-hydrogen) atoms. The standard InChI is InChI=1S/C22H29N3O3S/c1-22(2,3)20(23)21(28)25-12-16(26)10-17(25)18(27)9-6-14-4-7-15(8-5-14)19-11-24-13-29-19/h4-5,7-8,11,13,16-17,20,26H,6,9-10,12,23H2,1-3H3/t16-,17+,20-/m1/s1. The highest BCUT2D eigenvalue weighted by molar-refractivity contribution is 7.13. The van der Waals surface area contributed by atoms with E-state index in [0.717, 1.165) is 16.0 Å². The van der Waals surface area contributed by atoms with Gasteiger partial charge in [-0.2, -0.15) is 0 Å². The topological polar surface area (TPSA) is 96.5 Å². The van der Waals surface area contributed by atoms with E-state index in [2.05, 4.69) is 4.98 Å². The Labute approximate surface area is 175 Å². The highest BCUT2D eigenvalue weighted by Gasteiger charge is 2.42. The first kappa shape index (κ1) is 21.6. The lowest BCUT2D eigenvalue weighted by Crippen LogP contribution is -2.53. The zero-order chi connectivity index (χ0) is 21.2. The van der Waals surface area contributed by atoms with Crippen LogP contribution in [0.25, 0.3) is 10.4 Å². The number of aliphatic hydroxyl groups is 1. The third-order valence-corrected chi connectivity index (χ3v) is 6.29. The van der Waals surface area contributed by atoms with Crippen LogP contribution in [0.15, 0.2) is 36.0 Å². The Bertz CT molecular complexity index is 843. The first-order valence-corrected chi connectivity index (χ1v) is 10.8. The van der Waals surface area contributed by atoms with Crippen molar-refractivity contribution in [3.63, 3.8) is 0 Å². The van der Waals surface area contributed by atoms with Crippen LogP contribution in [0.1, 0.15) is 39.2 Å². The summed E-state index contributed by atoms with van der Waals surface area (Å²) >= 11 is 1.59. The number of hydrogen-bond acceptors (Lipinski definition) is 6. The number of nitrogens with two attached hydrogens (primary N) is 1. The van der Waals surface area contributed by atoms with Gasteiger partial charge in [-0.1, -0.05) is 45.0 Å². The summed E-state index contributed by atoms with van der Waals surface area (Å²) in [4.78, 5) is 32.3. The van der Waals surface area contributed by atoms with E-state index < -0.39 is 23.6 Å². The number of Topliss-reactive ketones (excluding diaryl/α,β-unsaturated/α-hetero) is 1. The molecule has 2 heterocycles. The van der Waals surface area contributed by atoms with Gasteiger partial charge in [0.1, 0.15) is 0 Å². The molecule has 0 unspecified atom stereocenters. The lowest BCUT2D eigenvalue weighted by molar-refractivity contribution is -0.140. The number of ketones is 1. The first-order valence-electron chi connectivity index (χ1n) is 9.91. The number of aliphatic hydroxyl groups excluding tert-OH is 1. The number of β-amino-alcohol motifs (C(OH)–C–C–N with tert-alkyl or cyclic N) is 1. The SMILES string of the molecule is CC(C)(C)[C@H](N)C(=O)N1C[C@H](O)C[C@H]1C(=O)CCc1ccc(-c2cncs2)cc1. The number of carbonyl (C=O) groups is 2. The van der Waals surface area contributed by atoms with Gasteiger partial charge < -0.3 is 15.7 Å². The van der Waals surface area contributed by atoms with E-state index in [1.54, 1.807) is 16.8 Å². The Kier molecular flexibility index (Phi) is 6.51. The van der Waals surface area contributed by atoms with Crippen LogP contribution in [0.4, 0.5) is 0 Å². The lowest BCUT2D eigenvalue weighted by Gasteiger charge is -2.32. The van der Waals surface area contributed by atoms with Gasteiger partial charge in [0.15, 0.2) is 5.78 Å². The normalized spacial score (nSPS) is 20.7. The largest absolute Gasteiger partial charge is 0.391 e. The van der Waals surface area contributed by atoms with Crippen molar-refractivity contribution in [1.29, 1.82) is 0 Å². The second-order valence-electron chi connectivity index (χ2n) is 8.77. The fourth-order valence-corrected chi connectivity index (χ4v) is 4.17. The van der Waals surface area contributed by atoms with E-state index in [9.17, 15) is 14.7 Å². The number of benzene rings is 1. The Morgan fingerprint density at radius 2 is 2.00 bits per heavy atom. The van der Waals surface area contributed by atoms with Gasteiger partial charge in [-0.3, -0.25) is 14.6 Å². The zero-order valence-corrected chi connectivity index (χ0v) is 18.0. The minimum atomic E-state index is -0.706. The molecule has 0 radical (unpaired) electrons. The Hall–Kier alpha value is -2.09. The number of nitrogens with zero attached hydrogens (tertiary/aromatic N) is 2. The fraction of sp³-hybridized carbons (Fsp3) is 0.500. The lowest BCUT2D eigenvalue weighted by atomic mass is 9.86. The van der Waals surface area contributed by atoms with Gasteiger partial charge in [0.2, 0.25) is 5.91 Å². The summed E-state index contributed by atoms with van der Waals surface area (Å²) in [6, 6.07) is 6.80. The second kappa shape index (κ2) is 8.73. The molecule has 1 saturated heterocycles. The number of thiazole rings is 1. The van der Waals surface area contributed by atoms with Gasteiger partial charge in [0, 0.05) is 25.6 Å². The molecule has 156 valence electrons. The van der Waals surface area contributed by atoms with E-state index in [-0.39, 0.29) is 24.7 Å².